The van der Waals surface area contributed by atoms with Gasteiger partial charge in [-0.15, -0.1) is 0 Å². The molecular weight excluding hydrogens is 276 g/mol. The first kappa shape index (κ1) is 16.7. The number of aliphatic carboxylic acids is 1. The average molecular weight is 296 g/mol. The van der Waals surface area contributed by atoms with Crippen LogP contribution in [0.1, 0.15) is 26.2 Å². The molecular formula is C14H20N2O5. The van der Waals surface area contributed by atoms with Gasteiger partial charge in [0.15, 0.2) is 12.4 Å². The SMILES string of the molecule is CCCNC(=O)COc1cccn(CCCC(=O)O)c1=O. The number of aromatic nitrogens is 1. The molecule has 0 spiro atoms. The van der Waals surface area contributed by atoms with E-state index in [1.165, 1.54) is 10.6 Å². The minimum atomic E-state index is -0.900. The number of rotatable bonds is 9. The van der Waals surface area contributed by atoms with Crippen LogP contribution in [0.15, 0.2) is 23.1 Å². The Labute approximate surface area is 122 Å². The third-order valence-electron chi connectivity index (χ3n) is 2.71. The lowest BCUT2D eigenvalue weighted by atomic mass is 10.3. The summed E-state index contributed by atoms with van der Waals surface area (Å²) in [6, 6.07) is 3.12. The number of ether oxygens (including phenoxy) is 1. The molecule has 0 fully saturated rings. The van der Waals surface area contributed by atoms with Gasteiger partial charge < -0.3 is 19.7 Å². The van der Waals surface area contributed by atoms with Gasteiger partial charge in [0.2, 0.25) is 0 Å². The molecule has 7 heteroatoms. The Morgan fingerprint density at radius 2 is 2.19 bits per heavy atom. The number of nitrogens with zero attached hydrogens (tertiary/aromatic N) is 1. The van der Waals surface area contributed by atoms with Gasteiger partial charge in [-0.05, 0) is 25.0 Å². The molecule has 1 aromatic rings. The normalized spacial score (nSPS) is 10.1. The van der Waals surface area contributed by atoms with Crippen LogP contribution in [0.4, 0.5) is 0 Å². The van der Waals surface area contributed by atoms with Gasteiger partial charge in [0.25, 0.3) is 11.5 Å². The molecule has 0 saturated heterocycles. The maximum absolute atomic E-state index is 12.0. The van der Waals surface area contributed by atoms with Crippen LogP contribution >= 0.6 is 0 Å². The van der Waals surface area contributed by atoms with Crippen LogP contribution in [0.5, 0.6) is 5.75 Å². The molecule has 0 aliphatic heterocycles. The second-order valence-corrected chi connectivity index (χ2v) is 4.51. The zero-order chi connectivity index (χ0) is 15.7. The number of carboxylic acids is 1. The van der Waals surface area contributed by atoms with Crippen molar-refractivity contribution in [2.24, 2.45) is 0 Å². The van der Waals surface area contributed by atoms with Gasteiger partial charge in [-0.25, -0.2) is 0 Å². The zero-order valence-electron chi connectivity index (χ0n) is 12.0. The van der Waals surface area contributed by atoms with E-state index in [9.17, 15) is 14.4 Å². The van der Waals surface area contributed by atoms with Crippen molar-refractivity contribution in [1.82, 2.24) is 9.88 Å². The van der Waals surface area contributed by atoms with Crippen molar-refractivity contribution in [3.8, 4) is 5.75 Å². The first-order valence-corrected chi connectivity index (χ1v) is 6.85. The molecule has 0 saturated carbocycles. The van der Waals surface area contributed by atoms with E-state index in [0.717, 1.165) is 6.42 Å². The summed E-state index contributed by atoms with van der Waals surface area (Å²) in [7, 11) is 0. The Bertz CT molecular complexity index is 538. The molecule has 7 nitrogen and oxygen atoms in total. The summed E-state index contributed by atoms with van der Waals surface area (Å²) in [4.78, 5) is 33.9. The molecule has 0 aromatic carbocycles. The van der Waals surface area contributed by atoms with E-state index in [0.29, 0.717) is 19.5 Å². The van der Waals surface area contributed by atoms with E-state index in [2.05, 4.69) is 5.32 Å². The third kappa shape index (κ3) is 6.11. The van der Waals surface area contributed by atoms with Crippen LogP contribution in [-0.4, -0.2) is 34.7 Å². The van der Waals surface area contributed by atoms with Crippen LogP contribution in [0.2, 0.25) is 0 Å². The highest BCUT2D eigenvalue weighted by Gasteiger charge is 2.07. The number of amides is 1. The van der Waals surface area contributed by atoms with Crippen LogP contribution in [-0.2, 0) is 16.1 Å². The van der Waals surface area contributed by atoms with Crippen molar-refractivity contribution >= 4 is 11.9 Å². The van der Waals surface area contributed by atoms with Gasteiger partial charge >= 0.3 is 5.97 Å². The average Bonchev–Trinajstić information content (AvgIpc) is 2.45. The van der Waals surface area contributed by atoms with Crippen molar-refractivity contribution in [1.29, 1.82) is 0 Å². The van der Waals surface area contributed by atoms with E-state index in [-0.39, 0.29) is 30.2 Å². The van der Waals surface area contributed by atoms with Gasteiger partial charge in [0, 0.05) is 25.7 Å². The summed E-state index contributed by atoms with van der Waals surface area (Å²) in [5.74, 6) is -1.10. The highest BCUT2D eigenvalue weighted by Crippen LogP contribution is 2.03. The van der Waals surface area contributed by atoms with Gasteiger partial charge in [-0.1, -0.05) is 6.92 Å². The highest BCUT2D eigenvalue weighted by molar-refractivity contribution is 5.77. The standard InChI is InChI=1S/C14H20N2O5/c1-2-7-15-12(17)10-21-11-5-3-8-16(14(11)20)9-4-6-13(18)19/h3,5,8H,2,4,6-7,9-10H2,1H3,(H,15,17)(H,18,19). The largest absolute Gasteiger partial charge is 0.481 e. The Balaban J connectivity index is 2.57. The number of hydrogen-bond acceptors (Lipinski definition) is 4. The fraction of sp³-hybridized carbons (Fsp3) is 0.500. The molecule has 0 radical (unpaired) electrons. The summed E-state index contributed by atoms with van der Waals surface area (Å²) < 4.78 is 6.58. The second-order valence-electron chi connectivity index (χ2n) is 4.51. The minimum absolute atomic E-state index is 0.00303. The van der Waals surface area contributed by atoms with Crippen molar-refractivity contribution in [3.05, 3.63) is 28.7 Å². The predicted octanol–water partition coefficient (Wildman–Crippen LogP) is 0.618. The molecule has 0 aliphatic rings. The molecule has 1 heterocycles. The first-order valence-electron chi connectivity index (χ1n) is 6.85. The molecule has 1 aromatic heterocycles. The monoisotopic (exact) mass is 296 g/mol. The summed E-state index contributed by atoms with van der Waals surface area (Å²) in [5, 5.41) is 11.2. The topological polar surface area (TPSA) is 97.6 Å². The van der Waals surface area contributed by atoms with Crippen LogP contribution in [0.3, 0.4) is 0 Å². The maximum atomic E-state index is 12.0. The number of nitrogens with one attached hydrogen (secondary N) is 1. The molecule has 2 N–H and O–H groups in total. The lowest BCUT2D eigenvalue weighted by Gasteiger charge is -2.09. The van der Waals surface area contributed by atoms with E-state index in [1.807, 2.05) is 6.92 Å². The quantitative estimate of drug-likeness (QED) is 0.696. The van der Waals surface area contributed by atoms with Crippen LogP contribution < -0.4 is 15.6 Å². The minimum Gasteiger partial charge on any atom is -0.481 e. The Hall–Kier alpha value is -2.31. The maximum Gasteiger partial charge on any atom is 0.303 e. The van der Waals surface area contributed by atoms with Gasteiger partial charge in [0.05, 0.1) is 0 Å². The van der Waals surface area contributed by atoms with E-state index >= 15 is 0 Å². The van der Waals surface area contributed by atoms with Gasteiger partial charge in [-0.3, -0.25) is 14.4 Å². The molecule has 116 valence electrons. The van der Waals surface area contributed by atoms with E-state index in [1.54, 1.807) is 12.3 Å². The molecule has 1 rings (SSSR count). The van der Waals surface area contributed by atoms with Crippen LogP contribution in [0, 0.1) is 0 Å². The number of aryl methyl sites for hydroxylation is 1. The van der Waals surface area contributed by atoms with Crippen molar-refractivity contribution in [3.63, 3.8) is 0 Å². The highest BCUT2D eigenvalue weighted by atomic mass is 16.5. The molecule has 21 heavy (non-hydrogen) atoms. The number of hydrogen-bond donors (Lipinski definition) is 2. The molecule has 0 atom stereocenters. The molecule has 0 aliphatic carbocycles. The predicted molar refractivity (Wildman–Crippen MR) is 76.4 cm³/mol. The van der Waals surface area contributed by atoms with Crippen molar-refractivity contribution in [2.75, 3.05) is 13.2 Å². The van der Waals surface area contributed by atoms with Crippen molar-refractivity contribution < 1.29 is 19.4 Å². The zero-order valence-corrected chi connectivity index (χ0v) is 12.0. The number of carboxylic acid groups (broad SMARTS) is 1. The van der Waals surface area contributed by atoms with E-state index < -0.39 is 5.97 Å². The number of carbonyl (C=O) groups excluding carboxylic acids is 1. The van der Waals surface area contributed by atoms with Crippen molar-refractivity contribution in [2.45, 2.75) is 32.7 Å². The summed E-state index contributed by atoms with van der Waals surface area (Å²) in [6.45, 7) is 2.59. The second kappa shape index (κ2) is 8.78. The lowest BCUT2D eigenvalue weighted by Crippen LogP contribution is -2.31. The number of pyridine rings is 1. The van der Waals surface area contributed by atoms with E-state index in [4.69, 9.17) is 9.84 Å². The van der Waals surface area contributed by atoms with Gasteiger partial charge in [0.1, 0.15) is 0 Å². The Morgan fingerprint density at radius 1 is 1.43 bits per heavy atom. The smallest absolute Gasteiger partial charge is 0.303 e. The Kier molecular flexibility index (Phi) is 7.00. The summed E-state index contributed by atoms with van der Waals surface area (Å²) in [6.07, 6.45) is 2.74. The van der Waals surface area contributed by atoms with Crippen LogP contribution in [0.25, 0.3) is 0 Å². The summed E-state index contributed by atoms with van der Waals surface area (Å²) in [5.41, 5.74) is -0.369. The fourth-order valence-electron chi connectivity index (χ4n) is 1.66. The molecule has 0 bridgehead atoms. The molecule has 0 unspecified atom stereocenters. The molecule has 1 amide bonds. The first-order chi connectivity index (χ1) is 10.0. The van der Waals surface area contributed by atoms with Gasteiger partial charge in [-0.2, -0.15) is 0 Å². The Morgan fingerprint density at radius 3 is 2.86 bits per heavy atom. The lowest BCUT2D eigenvalue weighted by molar-refractivity contribution is -0.137. The number of carbonyl (C=O) groups is 2. The fourth-order valence-corrected chi connectivity index (χ4v) is 1.66. The summed E-state index contributed by atoms with van der Waals surface area (Å²) >= 11 is 0. The third-order valence-corrected chi connectivity index (χ3v) is 2.71.